The van der Waals surface area contributed by atoms with Gasteiger partial charge in [0.1, 0.15) is 0 Å². The molecule has 0 unspecified atom stereocenters. The molecule has 5 heteroatoms. The minimum atomic E-state index is 0.883. The molecular weight excluding hydrogens is 288 g/mol. The van der Waals surface area contributed by atoms with E-state index in [2.05, 4.69) is 22.5 Å². The van der Waals surface area contributed by atoms with Crippen LogP contribution in [0.5, 0.6) is 0 Å². The first kappa shape index (κ1) is 18.5. The number of guanidine groups is 1. The zero-order chi connectivity index (χ0) is 16.2. The summed E-state index contributed by atoms with van der Waals surface area (Å²) < 4.78 is 5.38. The topological polar surface area (TPSA) is 48.9 Å². The van der Waals surface area contributed by atoms with E-state index in [1.165, 1.54) is 38.5 Å². The summed E-state index contributed by atoms with van der Waals surface area (Å²) in [5, 5.41) is 6.84. The highest BCUT2D eigenvalue weighted by Gasteiger charge is 2.14. The van der Waals surface area contributed by atoms with Gasteiger partial charge in [-0.1, -0.05) is 25.7 Å². The smallest absolute Gasteiger partial charge is 0.191 e. The van der Waals surface area contributed by atoms with E-state index in [0.29, 0.717) is 0 Å². The SMILES string of the molecule is CCNC(=NCCCN1CCOCC1)NCCCC1CCCC1. The lowest BCUT2D eigenvalue weighted by atomic mass is 10.0. The average molecular weight is 325 g/mol. The lowest BCUT2D eigenvalue weighted by molar-refractivity contribution is 0.0377. The van der Waals surface area contributed by atoms with Crippen LogP contribution in [0.1, 0.15) is 51.9 Å². The summed E-state index contributed by atoms with van der Waals surface area (Å²) in [4.78, 5) is 7.18. The summed E-state index contributed by atoms with van der Waals surface area (Å²) >= 11 is 0. The third-order valence-corrected chi connectivity index (χ3v) is 4.91. The molecule has 0 aromatic heterocycles. The number of rotatable bonds is 9. The fourth-order valence-corrected chi connectivity index (χ4v) is 3.55. The van der Waals surface area contributed by atoms with Crippen LogP contribution >= 0.6 is 0 Å². The summed E-state index contributed by atoms with van der Waals surface area (Å²) in [5.74, 6) is 1.98. The second-order valence-corrected chi connectivity index (χ2v) is 6.79. The highest BCUT2D eigenvalue weighted by Crippen LogP contribution is 2.28. The van der Waals surface area contributed by atoms with Crippen molar-refractivity contribution >= 4 is 5.96 Å². The normalized spacial score (nSPS) is 20.8. The Labute approximate surface area is 142 Å². The van der Waals surface area contributed by atoms with Gasteiger partial charge in [0.2, 0.25) is 0 Å². The molecule has 0 amide bonds. The van der Waals surface area contributed by atoms with E-state index in [1.54, 1.807) is 0 Å². The quantitative estimate of drug-likeness (QED) is 0.388. The standard InChI is InChI=1S/C18H36N4O/c1-2-19-18(20-10-5-9-17-7-3-4-8-17)21-11-6-12-22-13-15-23-16-14-22/h17H,2-16H2,1H3,(H2,19,20,21). The Morgan fingerprint density at radius 2 is 1.91 bits per heavy atom. The molecule has 2 N–H and O–H groups in total. The van der Waals surface area contributed by atoms with Crippen LogP contribution in [0.4, 0.5) is 0 Å². The Morgan fingerprint density at radius 3 is 2.65 bits per heavy atom. The number of morpholine rings is 1. The van der Waals surface area contributed by atoms with Crippen LogP contribution in [-0.4, -0.2) is 63.3 Å². The van der Waals surface area contributed by atoms with E-state index in [9.17, 15) is 0 Å². The van der Waals surface area contributed by atoms with Crippen molar-refractivity contribution in [2.75, 3.05) is 52.5 Å². The third-order valence-electron chi connectivity index (χ3n) is 4.91. The molecule has 0 spiro atoms. The zero-order valence-corrected chi connectivity index (χ0v) is 15.0. The van der Waals surface area contributed by atoms with Crippen molar-refractivity contribution in [2.24, 2.45) is 10.9 Å². The first-order valence-corrected chi connectivity index (χ1v) is 9.70. The number of aliphatic imine (C=N–C) groups is 1. The number of ether oxygens (including phenoxy) is 1. The van der Waals surface area contributed by atoms with Crippen molar-refractivity contribution in [3.63, 3.8) is 0 Å². The number of nitrogens with zero attached hydrogens (tertiary/aromatic N) is 2. The van der Waals surface area contributed by atoms with Crippen LogP contribution in [0.25, 0.3) is 0 Å². The monoisotopic (exact) mass is 324 g/mol. The molecule has 1 saturated heterocycles. The molecular formula is C18H36N4O. The average Bonchev–Trinajstić information content (AvgIpc) is 3.10. The third kappa shape index (κ3) is 8.02. The largest absolute Gasteiger partial charge is 0.379 e. The number of hydrogen-bond acceptors (Lipinski definition) is 3. The second-order valence-electron chi connectivity index (χ2n) is 6.79. The molecule has 1 heterocycles. The van der Waals surface area contributed by atoms with Crippen LogP contribution in [0, 0.1) is 5.92 Å². The van der Waals surface area contributed by atoms with Crippen molar-refractivity contribution in [2.45, 2.75) is 51.9 Å². The molecule has 0 aromatic carbocycles. The molecule has 0 radical (unpaired) electrons. The maximum Gasteiger partial charge on any atom is 0.191 e. The Morgan fingerprint density at radius 1 is 1.13 bits per heavy atom. The van der Waals surface area contributed by atoms with Gasteiger partial charge in [-0.15, -0.1) is 0 Å². The van der Waals surface area contributed by atoms with E-state index >= 15 is 0 Å². The van der Waals surface area contributed by atoms with E-state index in [4.69, 9.17) is 9.73 Å². The van der Waals surface area contributed by atoms with Crippen LogP contribution in [0.3, 0.4) is 0 Å². The summed E-state index contributed by atoms with van der Waals surface area (Å²) in [6.07, 6.45) is 9.58. The maximum absolute atomic E-state index is 5.38. The maximum atomic E-state index is 5.38. The molecule has 2 rings (SSSR count). The van der Waals surface area contributed by atoms with E-state index < -0.39 is 0 Å². The van der Waals surface area contributed by atoms with Gasteiger partial charge >= 0.3 is 0 Å². The van der Waals surface area contributed by atoms with Crippen molar-refractivity contribution < 1.29 is 4.74 Å². The van der Waals surface area contributed by atoms with Gasteiger partial charge in [-0.2, -0.15) is 0 Å². The van der Waals surface area contributed by atoms with Crippen molar-refractivity contribution in [3.8, 4) is 0 Å². The number of nitrogens with one attached hydrogen (secondary N) is 2. The minimum Gasteiger partial charge on any atom is -0.379 e. The molecule has 134 valence electrons. The summed E-state index contributed by atoms with van der Waals surface area (Å²) in [6.45, 7) is 10.0. The molecule has 1 aliphatic heterocycles. The zero-order valence-electron chi connectivity index (χ0n) is 15.0. The fraction of sp³-hybridized carbons (Fsp3) is 0.944. The lowest BCUT2D eigenvalue weighted by Crippen LogP contribution is -2.38. The van der Waals surface area contributed by atoms with Gasteiger partial charge in [-0.05, 0) is 32.1 Å². The van der Waals surface area contributed by atoms with Gasteiger partial charge in [0.25, 0.3) is 0 Å². The van der Waals surface area contributed by atoms with Gasteiger partial charge in [0.05, 0.1) is 13.2 Å². The molecule has 1 aliphatic carbocycles. The Bertz CT molecular complexity index is 323. The van der Waals surface area contributed by atoms with E-state index in [1.807, 2.05) is 0 Å². The molecule has 23 heavy (non-hydrogen) atoms. The van der Waals surface area contributed by atoms with E-state index in [-0.39, 0.29) is 0 Å². The molecule has 5 nitrogen and oxygen atoms in total. The molecule has 0 aromatic rings. The summed E-state index contributed by atoms with van der Waals surface area (Å²) in [6, 6.07) is 0. The first-order valence-electron chi connectivity index (χ1n) is 9.70. The fourth-order valence-electron chi connectivity index (χ4n) is 3.55. The van der Waals surface area contributed by atoms with Gasteiger partial charge < -0.3 is 15.4 Å². The first-order chi connectivity index (χ1) is 11.4. The molecule has 2 aliphatic rings. The van der Waals surface area contributed by atoms with Crippen LogP contribution in [0.2, 0.25) is 0 Å². The van der Waals surface area contributed by atoms with Crippen LogP contribution < -0.4 is 10.6 Å². The lowest BCUT2D eigenvalue weighted by Gasteiger charge is -2.26. The van der Waals surface area contributed by atoms with Crippen molar-refractivity contribution in [3.05, 3.63) is 0 Å². The van der Waals surface area contributed by atoms with Gasteiger partial charge in [-0.3, -0.25) is 9.89 Å². The Kier molecular flexibility index (Phi) is 9.41. The van der Waals surface area contributed by atoms with Gasteiger partial charge in [0.15, 0.2) is 5.96 Å². The van der Waals surface area contributed by atoms with E-state index in [0.717, 1.165) is 70.8 Å². The summed E-state index contributed by atoms with van der Waals surface area (Å²) in [7, 11) is 0. The number of hydrogen-bond donors (Lipinski definition) is 2. The molecule has 0 atom stereocenters. The molecule has 1 saturated carbocycles. The van der Waals surface area contributed by atoms with Crippen molar-refractivity contribution in [1.82, 2.24) is 15.5 Å². The van der Waals surface area contributed by atoms with Gasteiger partial charge in [0, 0.05) is 39.3 Å². The molecule has 0 bridgehead atoms. The highest BCUT2D eigenvalue weighted by molar-refractivity contribution is 5.79. The van der Waals surface area contributed by atoms with Gasteiger partial charge in [-0.25, -0.2) is 0 Å². The Balaban J connectivity index is 1.55. The minimum absolute atomic E-state index is 0.883. The molecule has 2 fully saturated rings. The van der Waals surface area contributed by atoms with Crippen molar-refractivity contribution in [1.29, 1.82) is 0 Å². The highest BCUT2D eigenvalue weighted by atomic mass is 16.5. The second kappa shape index (κ2) is 11.7. The van der Waals surface area contributed by atoms with Crippen LogP contribution in [0.15, 0.2) is 4.99 Å². The summed E-state index contributed by atoms with van der Waals surface area (Å²) in [5.41, 5.74) is 0. The Hall–Kier alpha value is -0.810. The predicted octanol–water partition coefficient (Wildman–Crippen LogP) is 2.23. The van der Waals surface area contributed by atoms with Crippen LogP contribution in [-0.2, 0) is 4.74 Å². The predicted molar refractivity (Wildman–Crippen MR) is 97.0 cm³/mol.